The number of nitrogens with zero attached hydrogens (tertiary/aromatic N) is 1. The highest BCUT2D eigenvalue weighted by molar-refractivity contribution is 5.91. The summed E-state index contributed by atoms with van der Waals surface area (Å²) in [6, 6.07) is 2.83. The van der Waals surface area contributed by atoms with Gasteiger partial charge in [0.2, 0.25) is 5.88 Å². The zero-order valence-corrected chi connectivity index (χ0v) is 18.5. The fourth-order valence-electron chi connectivity index (χ4n) is 3.39. The minimum absolute atomic E-state index is 0.0156. The number of alkyl halides is 3. The molecule has 0 aliphatic rings. The second-order valence-corrected chi connectivity index (χ2v) is 7.33. The van der Waals surface area contributed by atoms with Gasteiger partial charge in [-0.3, -0.25) is 4.79 Å². The number of aromatic nitrogens is 2. The Labute approximate surface area is 190 Å². The smallest absolute Gasteiger partial charge is 0.418 e. The van der Waals surface area contributed by atoms with Gasteiger partial charge in [-0.1, -0.05) is 0 Å². The summed E-state index contributed by atoms with van der Waals surface area (Å²) < 4.78 is 78.6. The third kappa shape index (κ3) is 4.63. The van der Waals surface area contributed by atoms with E-state index in [2.05, 4.69) is 9.97 Å². The van der Waals surface area contributed by atoms with Gasteiger partial charge in [0.15, 0.2) is 17.1 Å². The molecule has 0 fully saturated rings. The lowest BCUT2D eigenvalue weighted by Crippen LogP contribution is -2.20. The highest BCUT2D eigenvalue weighted by atomic mass is 19.4. The van der Waals surface area contributed by atoms with Crippen LogP contribution in [0.15, 0.2) is 29.2 Å². The second kappa shape index (κ2) is 9.24. The number of carbonyl (C=O) groups excluding carboxylic acids is 1. The summed E-state index contributed by atoms with van der Waals surface area (Å²) in [5.74, 6) is -3.78. The van der Waals surface area contributed by atoms with E-state index in [1.54, 1.807) is 6.92 Å². The van der Waals surface area contributed by atoms with E-state index in [1.165, 1.54) is 13.8 Å². The number of pyridine rings is 2. The van der Waals surface area contributed by atoms with Crippen molar-refractivity contribution >= 4 is 5.97 Å². The lowest BCUT2D eigenvalue weighted by molar-refractivity contribution is -0.138. The molecule has 3 aromatic rings. The van der Waals surface area contributed by atoms with Gasteiger partial charge in [-0.05, 0) is 45.4 Å². The highest BCUT2D eigenvalue weighted by Gasteiger charge is 2.35. The topological polar surface area (TPSA) is 81.3 Å². The Bertz CT molecular complexity index is 1330. The van der Waals surface area contributed by atoms with Crippen molar-refractivity contribution in [1.82, 2.24) is 9.97 Å². The van der Waals surface area contributed by atoms with Crippen molar-refractivity contribution in [3.8, 4) is 22.9 Å². The van der Waals surface area contributed by atoms with E-state index in [0.29, 0.717) is 6.20 Å². The number of benzene rings is 1. The van der Waals surface area contributed by atoms with E-state index in [4.69, 9.17) is 9.47 Å². The first-order valence-corrected chi connectivity index (χ1v) is 9.97. The van der Waals surface area contributed by atoms with Crippen molar-refractivity contribution in [1.29, 1.82) is 0 Å². The molecule has 11 heteroatoms. The van der Waals surface area contributed by atoms with E-state index in [1.807, 2.05) is 0 Å². The SMILES string of the molecule is CCOC(=O)c1c(C)[nH]c(-c2c(Oc3ccc(F)c(F)c3C)ncc(C(F)(F)F)c2C)cc1=O. The van der Waals surface area contributed by atoms with Gasteiger partial charge < -0.3 is 14.5 Å². The number of esters is 1. The molecular formula is C23H19F5N2O4. The predicted molar refractivity (Wildman–Crippen MR) is 112 cm³/mol. The van der Waals surface area contributed by atoms with Gasteiger partial charge in [0.1, 0.15) is 11.3 Å². The number of aryl methyl sites for hydroxylation is 1. The molecule has 2 heterocycles. The van der Waals surface area contributed by atoms with Crippen molar-refractivity contribution in [2.24, 2.45) is 0 Å². The van der Waals surface area contributed by atoms with E-state index >= 15 is 0 Å². The first kappa shape index (κ1) is 24.9. The zero-order valence-electron chi connectivity index (χ0n) is 18.5. The van der Waals surface area contributed by atoms with Crippen LogP contribution in [0.5, 0.6) is 11.6 Å². The Kier molecular flexibility index (Phi) is 6.76. The summed E-state index contributed by atoms with van der Waals surface area (Å²) in [5, 5.41) is 0. The summed E-state index contributed by atoms with van der Waals surface area (Å²) in [6.45, 7) is 5.33. The van der Waals surface area contributed by atoms with Crippen molar-refractivity contribution in [2.75, 3.05) is 6.61 Å². The number of hydrogen-bond acceptors (Lipinski definition) is 5. The molecule has 0 amide bonds. The monoisotopic (exact) mass is 482 g/mol. The van der Waals surface area contributed by atoms with Crippen LogP contribution < -0.4 is 10.2 Å². The summed E-state index contributed by atoms with van der Waals surface area (Å²) in [4.78, 5) is 31.2. The molecule has 6 nitrogen and oxygen atoms in total. The van der Waals surface area contributed by atoms with Crippen molar-refractivity contribution in [3.05, 3.63) is 74.2 Å². The summed E-state index contributed by atoms with van der Waals surface area (Å²) in [5.41, 5.74) is -3.07. The van der Waals surface area contributed by atoms with Gasteiger partial charge in [-0.25, -0.2) is 18.6 Å². The van der Waals surface area contributed by atoms with Crippen LogP contribution in [0, 0.1) is 32.4 Å². The van der Waals surface area contributed by atoms with Gasteiger partial charge in [0.25, 0.3) is 0 Å². The Morgan fingerprint density at radius 2 is 1.79 bits per heavy atom. The molecule has 0 saturated heterocycles. The summed E-state index contributed by atoms with van der Waals surface area (Å²) in [6.07, 6.45) is -4.23. The average molecular weight is 482 g/mol. The minimum Gasteiger partial charge on any atom is -0.462 e. The molecule has 0 radical (unpaired) electrons. The second-order valence-electron chi connectivity index (χ2n) is 7.33. The van der Waals surface area contributed by atoms with E-state index in [0.717, 1.165) is 25.1 Å². The lowest BCUT2D eigenvalue weighted by Gasteiger charge is -2.19. The van der Waals surface area contributed by atoms with Crippen LogP contribution in [0.4, 0.5) is 22.0 Å². The standard InChI is InChI=1S/C23H19F5N2O4/c1-5-33-22(32)19-12(4)30-15(8-16(19)31)18-10(2)13(23(26,27)28)9-29-21(18)34-17-7-6-14(24)20(25)11(17)3/h6-9H,5H2,1-4H3,(H,30,31). The molecule has 0 unspecified atom stereocenters. The van der Waals surface area contributed by atoms with E-state index < -0.39 is 40.7 Å². The molecule has 0 aliphatic heterocycles. The molecular weight excluding hydrogens is 463 g/mol. The molecule has 3 rings (SSSR count). The molecule has 0 atom stereocenters. The fraction of sp³-hybridized carbons (Fsp3) is 0.261. The molecule has 0 spiro atoms. The van der Waals surface area contributed by atoms with Crippen LogP contribution in [0.1, 0.15) is 39.7 Å². The molecule has 0 aliphatic carbocycles. The molecule has 34 heavy (non-hydrogen) atoms. The normalized spacial score (nSPS) is 11.4. The molecule has 1 aromatic carbocycles. The van der Waals surface area contributed by atoms with Gasteiger partial charge in [-0.2, -0.15) is 13.2 Å². The van der Waals surface area contributed by atoms with E-state index in [-0.39, 0.29) is 46.0 Å². The number of H-pyrrole nitrogens is 1. The number of aromatic amines is 1. The molecule has 2 aromatic heterocycles. The van der Waals surface area contributed by atoms with Gasteiger partial charge >= 0.3 is 12.1 Å². The van der Waals surface area contributed by atoms with Crippen molar-refractivity contribution < 1.29 is 36.2 Å². The summed E-state index contributed by atoms with van der Waals surface area (Å²) in [7, 11) is 0. The average Bonchev–Trinajstić information content (AvgIpc) is 2.73. The Morgan fingerprint density at radius 3 is 2.38 bits per heavy atom. The van der Waals surface area contributed by atoms with Gasteiger partial charge in [0.05, 0.1) is 23.4 Å². The first-order valence-electron chi connectivity index (χ1n) is 9.97. The Hall–Kier alpha value is -3.76. The maximum atomic E-state index is 14.0. The molecule has 0 saturated carbocycles. The van der Waals surface area contributed by atoms with Gasteiger partial charge in [0, 0.05) is 23.5 Å². The largest absolute Gasteiger partial charge is 0.462 e. The quantitative estimate of drug-likeness (QED) is 0.377. The number of rotatable bonds is 5. The third-order valence-corrected chi connectivity index (χ3v) is 5.07. The lowest BCUT2D eigenvalue weighted by atomic mass is 10.0. The third-order valence-electron chi connectivity index (χ3n) is 5.07. The van der Waals surface area contributed by atoms with Crippen LogP contribution >= 0.6 is 0 Å². The first-order chi connectivity index (χ1) is 15.9. The Balaban J connectivity index is 2.26. The Morgan fingerprint density at radius 1 is 1.12 bits per heavy atom. The van der Waals surface area contributed by atoms with E-state index in [9.17, 15) is 31.5 Å². The maximum Gasteiger partial charge on any atom is 0.418 e. The van der Waals surface area contributed by atoms with Crippen LogP contribution in [0.25, 0.3) is 11.3 Å². The van der Waals surface area contributed by atoms with Crippen molar-refractivity contribution in [3.63, 3.8) is 0 Å². The number of nitrogens with one attached hydrogen (secondary N) is 1. The molecule has 0 bridgehead atoms. The number of halogens is 5. The van der Waals surface area contributed by atoms with Crippen LogP contribution in [0.2, 0.25) is 0 Å². The highest BCUT2D eigenvalue weighted by Crippen LogP contribution is 2.41. The molecule has 180 valence electrons. The number of hydrogen-bond donors (Lipinski definition) is 1. The fourth-order valence-corrected chi connectivity index (χ4v) is 3.39. The predicted octanol–water partition coefficient (Wildman–Crippen LogP) is 5.63. The van der Waals surface area contributed by atoms with Crippen LogP contribution in [-0.4, -0.2) is 22.5 Å². The van der Waals surface area contributed by atoms with Crippen LogP contribution in [-0.2, 0) is 10.9 Å². The minimum atomic E-state index is -4.78. The van der Waals surface area contributed by atoms with Crippen LogP contribution in [0.3, 0.4) is 0 Å². The summed E-state index contributed by atoms with van der Waals surface area (Å²) >= 11 is 0. The van der Waals surface area contributed by atoms with Gasteiger partial charge in [-0.15, -0.1) is 0 Å². The maximum absolute atomic E-state index is 14.0. The van der Waals surface area contributed by atoms with Crippen molar-refractivity contribution in [2.45, 2.75) is 33.9 Å². The zero-order chi connectivity index (χ0) is 25.4. The molecule has 1 N–H and O–H groups in total. The number of ether oxygens (including phenoxy) is 2. The number of carbonyl (C=O) groups is 1.